The molecule has 7 nitrogen and oxygen atoms in total. The zero-order valence-corrected chi connectivity index (χ0v) is 12.2. The molecule has 8 heteroatoms. The van der Waals surface area contributed by atoms with Crippen LogP contribution < -0.4 is 11.3 Å². The fourth-order valence-corrected chi connectivity index (χ4v) is 2.19. The van der Waals surface area contributed by atoms with Gasteiger partial charge in [0.2, 0.25) is 0 Å². The minimum absolute atomic E-state index is 0.218. The highest BCUT2D eigenvalue weighted by Crippen LogP contribution is 2.20. The normalized spacial score (nSPS) is 11.1. The Morgan fingerprint density at radius 2 is 2.20 bits per heavy atom. The van der Waals surface area contributed by atoms with Crippen molar-refractivity contribution in [1.82, 2.24) is 24.8 Å². The molecule has 0 aliphatic heterocycles. The molecule has 0 amide bonds. The second-order valence-electron chi connectivity index (χ2n) is 4.41. The maximum atomic E-state index is 12.3. The summed E-state index contributed by atoms with van der Waals surface area (Å²) in [5.41, 5.74) is 7.57. The number of nitrogens with two attached hydrogens (primary N) is 1. The van der Waals surface area contributed by atoms with Crippen molar-refractivity contribution >= 4 is 32.7 Å². The Morgan fingerprint density at radius 1 is 1.40 bits per heavy atom. The molecule has 1 aromatic carbocycles. The molecule has 2 aromatic heterocycles. The fraction of sp³-hybridized carbons (Fsp3) is 0.167. The van der Waals surface area contributed by atoms with Gasteiger partial charge in [-0.3, -0.25) is 4.79 Å². The van der Waals surface area contributed by atoms with Gasteiger partial charge in [0.05, 0.1) is 12.7 Å². The van der Waals surface area contributed by atoms with Crippen molar-refractivity contribution in [3.8, 4) is 0 Å². The van der Waals surface area contributed by atoms with Crippen LogP contribution in [0.15, 0.2) is 33.7 Å². The Kier molecular flexibility index (Phi) is 3.01. The highest BCUT2D eigenvalue weighted by Gasteiger charge is 2.10. The van der Waals surface area contributed by atoms with Crippen molar-refractivity contribution in [3.05, 3.63) is 44.8 Å². The Hall–Kier alpha value is -2.22. The number of aromatic nitrogens is 5. The maximum Gasteiger partial charge on any atom is 0.281 e. The van der Waals surface area contributed by atoms with Crippen LogP contribution in [0.25, 0.3) is 11.0 Å². The van der Waals surface area contributed by atoms with Crippen LogP contribution in [-0.4, -0.2) is 24.8 Å². The molecule has 3 aromatic rings. The van der Waals surface area contributed by atoms with Crippen molar-refractivity contribution in [1.29, 1.82) is 0 Å². The third-order valence-electron chi connectivity index (χ3n) is 3.01. The van der Waals surface area contributed by atoms with E-state index in [0.29, 0.717) is 23.3 Å². The molecule has 2 N–H and O–H groups in total. The number of rotatable bonds is 2. The molecule has 0 bridgehead atoms. The Labute approximate surface area is 122 Å². The summed E-state index contributed by atoms with van der Waals surface area (Å²) in [7, 11) is 1.72. The molecular formula is C12H11BrN6O. The van der Waals surface area contributed by atoms with Crippen LogP contribution >= 0.6 is 15.9 Å². The highest BCUT2D eigenvalue weighted by atomic mass is 79.9. The molecule has 0 unspecified atom stereocenters. The van der Waals surface area contributed by atoms with E-state index in [4.69, 9.17) is 5.73 Å². The molecule has 0 radical (unpaired) electrons. The van der Waals surface area contributed by atoms with Crippen molar-refractivity contribution in [2.24, 2.45) is 7.05 Å². The van der Waals surface area contributed by atoms with Gasteiger partial charge in [0.15, 0.2) is 5.65 Å². The van der Waals surface area contributed by atoms with Crippen LogP contribution in [-0.2, 0) is 13.6 Å². The number of nitrogen functional groups attached to an aromatic ring is 1. The lowest BCUT2D eigenvalue weighted by Gasteiger charge is -2.05. The quantitative estimate of drug-likeness (QED) is 0.703. The first-order valence-corrected chi connectivity index (χ1v) is 6.65. The van der Waals surface area contributed by atoms with E-state index >= 15 is 0 Å². The number of aryl methyl sites for hydroxylation is 1. The molecule has 0 atom stereocenters. The summed E-state index contributed by atoms with van der Waals surface area (Å²) in [5, 5.41) is 12.4. The van der Waals surface area contributed by atoms with E-state index in [9.17, 15) is 4.79 Å². The lowest BCUT2D eigenvalue weighted by atomic mass is 10.2. The third kappa shape index (κ3) is 2.07. The lowest BCUT2D eigenvalue weighted by molar-refractivity contribution is 0.595. The predicted molar refractivity (Wildman–Crippen MR) is 78.2 cm³/mol. The average Bonchev–Trinajstić information content (AvgIpc) is 2.80. The number of hydrogen-bond acceptors (Lipinski definition) is 5. The van der Waals surface area contributed by atoms with Crippen molar-refractivity contribution in [3.63, 3.8) is 0 Å². The van der Waals surface area contributed by atoms with Crippen LogP contribution in [0, 0.1) is 0 Å². The molecule has 0 aliphatic carbocycles. The Morgan fingerprint density at radius 3 is 2.95 bits per heavy atom. The summed E-state index contributed by atoms with van der Waals surface area (Å²) in [6, 6.07) is 5.51. The van der Waals surface area contributed by atoms with Crippen LogP contribution in [0.3, 0.4) is 0 Å². The number of fused-ring (bicyclic) bond motifs is 1. The van der Waals surface area contributed by atoms with Gasteiger partial charge in [0.1, 0.15) is 5.39 Å². The predicted octanol–water partition coefficient (Wildman–Crippen LogP) is 0.918. The van der Waals surface area contributed by atoms with Gasteiger partial charge in [-0.25, -0.2) is 9.36 Å². The molecule has 0 aliphatic rings. The summed E-state index contributed by atoms with van der Waals surface area (Å²) < 4.78 is 3.64. The molecule has 0 spiro atoms. The second kappa shape index (κ2) is 4.71. The summed E-state index contributed by atoms with van der Waals surface area (Å²) >= 11 is 3.33. The van der Waals surface area contributed by atoms with E-state index in [0.717, 1.165) is 10.0 Å². The summed E-state index contributed by atoms with van der Waals surface area (Å²) in [4.78, 5) is 12.3. The summed E-state index contributed by atoms with van der Waals surface area (Å²) in [6.45, 7) is 0.314. The first-order chi connectivity index (χ1) is 9.56. The van der Waals surface area contributed by atoms with Gasteiger partial charge in [-0.2, -0.15) is 5.10 Å². The SMILES string of the molecule is Cn1ncc2c(=O)n(Cc3ccc(Br)c(N)c3)nnc21. The molecule has 0 fully saturated rings. The largest absolute Gasteiger partial charge is 0.398 e. The van der Waals surface area contributed by atoms with E-state index in [1.54, 1.807) is 13.1 Å². The summed E-state index contributed by atoms with van der Waals surface area (Å²) in [6.07, 6.45) is 1.50. The molecule has 3 rings (SSSR count). The van der Waals surface area contributed by atoms with E-state index < -0.39 is 0 Å². The molecule has 20 heavy (non-hydrogen) atoms. The maximum absolute atomic E-state index is 12.3. The number of nitrogens with zero attached hydrogens (tertiary/aromatic N) is 5. The first-order valence-electron chi connectivity index (χ1n) is 5.85. The number of halogens is 1. The smallest absolute Gasteiger partial charge is 0.281 e. The van der Waals surface area contributed by atoms with Gasteiger partial charge in [-0.05, 0) is 33.6 Å². The number of benzene rings is 1. The molecular weight excluding hydrogens is 324 g/mol. The van der Waals surface area contributed by atoms with Gasteiger partial charge in [0, 0.05) is 17.2 Å². The van der Waals surface area contributed by atoms with Crippen molar-refractivity contribution in [2.75, 3.05) is 5.73 Å². The summed E-state index contributed by atoms with van der Waals surface area (Å²) in [5.74, 6) is 0. The molecule has 2 heterocycles. The van der Waals surface area contributed by atoms with Gasteiger partial charge in [-0.15, -0.1) is 5.10 Å². The van der Waals surface area contributed by atoms with E-state index in [2.05, 4.69) is 31.3 Å². The molecule has 0 saturated heterocycles. The van der Waals surface area contributed by atoms with Crippen LogP contribution in [0.2, 0.25) is 0 Å². The first kappa shape index (κ1) is 12.8. The number of anilines is 1. The fourth-order valence-electron chi connectivity index (χ4n) is 1.94. The van der Waals surface area contributed by atoms with Crippen LogP contribution in [0.4, 0.5) is 5.69 Å². The zero-order chi connectivity index (χ0) is 14.3. The lowest BCUT2D eigenvalue weighted by Crippen LogP contribution is -2.24. The zero-order valence-electron chi connectivity index (χ0n) is 10.6. The van der Waals surface area contributed by atoms with Gasteiger partial charge >= 0.3 is 0 Å². The minimum Gasteiger partial charge on any atom is -0.398 e. The van der Waals surface area contributed by atoms with E-state index in [1.165, 1.54) is 15.6 Å². The van der Waals surface area contributed by atoms with Gasteiger partial charge in [0.25, 0.3) is 5.56 Å². The van der Waals surface area contributed by atoms with Crippen molar-refractivity contribution < 1.29 is 0 Å². The van der Waals surface area contributed by atoms with E-state index in [1.807, 2.05) is 12.1 Å². The highest BCUT2D eigenvalue weighted by molar-refractivity contribution is 9.10. The minimum atomic E-state index is -0.218. The molecule has 102 valence electrons. The topological polar surface area (TPSA) is 91.6 Å². The van der Waals surface area contributed by atoms with Crippen LogP contribution in [0.5, 0.6) is 0 Å². The molecule has 0 saturated carbocycles. The Balaban J connectivity index is 2.04. The van der Waals surface area contributed by atoms with Crippen molar-refractivity contribution in [2.45, 2.75) is 6.54 Å². The average molecular weight is 335 g/mol. The van der Waals surface area contributed by atoms with E-state index in [-0.39, 0.29) is 5.56 Å². The van der Waals surface area contributed by atoms with Crippen LogP contribution in [0.1, 0.15) is 5.56 Å². The standard InChI is InChI=1S/C12H11BrN6O/c1-18-11-8(5-15-18)12(20)19(17-16-11)6-7-2-3-9(13)10(14)4-7/h2-5H,6,14H2,1H3. The monoisotopic (exact) mass is 334 g/mol. The number of hydrogen-bond donors (Lipinski definition) is 1. The van der Waals surface area contributed by atoms with Gasteiger partial charge in [-0.1, -0.05) is 11.3 Å². The van der Waals surface area contributed by atoms with Gasteiger partial charge < -0.3 is 5.73 Å². The Bertz CT molecular complexity index is 853. The third-order valence-corrected chi connectivity index (χ3v) is 3.73. The second-order valence-corrected chi connectivity index (χ2v) is 5.27.